The summed E-state index contributed by atoms with van der Waals surface area (Å²) in [5.41, 5.74) is 0. The first-order valence-electron chi connectivity index (χ1n) is 7.50. The van der Waals surface area contributed by atoms with Crippen LogP contribution in [-0.2, 0) is 14.9 Å². The molecule has 7 heteroatoms. The molecule has 1 aliphatic rings. The predicted molar refractivity (Wildman–Crippen MR) is 80.9 cm³/mol. The van der Waals surface area contributed by atoms with Gasteiger partial charge in [0.25, 0.3) is 10.2 Å². The summed E-state index contributed by atoms with van der Waals surface area (Å²) in [5, 5.41) is 3.33. The molecule has 2 atom stereocenters. The SMILES string of the molecule is CCCNCC1CCCCN1S(=O)(=O)NC(C)COC. The maximum Gasteiger partial charge on any atom is 0.280 e. The van der Waals surface area contributed by atoms with Gasteiger partial charge in [-0.2, -0.15) is 17.4 Å². The molecule has 0 saturated carbocycles. The summed E-state index contributed by atoms with van der Waals surface area (Å²) in [4.78, 5) is 0. The summed E-state index contributed by atoms with van der Waals surface area (Å²) in [7, 11) is -1.86. The molecule has 1 saturated heterocycles. The third-order valence-corrected chi connectivity index (χ3v) is 5.25. The van der Waals surface area contributed by atoms with Crippen LogP contribution in [0.2, 0.25) is 0 Å². The molecule has 0 spiro atoms. The van der Waals surface area contributed by atoms with Crippen LogP contribution in [0.4, 0.5) is 0 Å². The lowest BCUT2D eigenvalue weighted by Crippen LogP contribution is -2.54. The molecule has 0 aromatic rings. The molecule has 120 valence electrons. The van der Waals surface area contributed by atoms with Crippen molar-refractivity contribution in [1.82, 2.24) is 14.3 Å². The van der Waals surface area contributed by atoms with Gasteiger partial charge in [-0.15, -0.1) is 0 Å². The molecule has 1 rings (SSSR count). The number of piperidine rings is 1. The van der Waals surface area contributed by atoms with E-state index in [-0.39, 0.29) is 12.1 Å². The fraction of sp³-hybridized carbons (Fsp3) is 1.00. The summed E-state index contributed by atoms with van der Waals surface area (Å²) in [6.07, 6.45) is 4.01. The number of nitrogens with one attached hydrogen (secondary N) is 2. The van der Waals surface area contributed by atoms with Gasteiger partial charge in [0.05, 0.1) is 6.61 Å². The van der Waals surface area contributed by atoms with E-state index in [4.69, 9.17) is 4.74 Å². The minimum Gasteiger partial charge on any atom is -0.383 e. The number of hydrogen-bond acceptors (Lipinski definition) is 4. The van der Waals surface area contributed by atoms with E-state index in [0.29, 0.717) is 13.2 Å². The van der Waals surface area contributed by atoms with Crippen LogP contribution in [0.15, 0.2) is 0 Å². The summed E-state index contributed by atoms with van der Waals surface area (Å²) in [6, 6.07) is -0.154. The molecule has 2 N–H and O–H groups in total. The van der Waals surface area contributed by atoms with E-state index in [1.54, 1.807) is 11.4 Å². The molecule has 1 heterocycles. The van der Waals surface area contributed by atoms with Gasteiger partial charge in [0.2, 0.25) is 0 Å². The van der Waals surface area contributed by atoms with Crippen LogP contribution in [-0.4, -0.2) is 58.2 Å². The zero-order valence-corrected chi connectivity index (χ0v) is 13.7. The van der Waals surface area contributed by atoms with E-state index in [0.717, 1.165) is 38.8 Å². The second kappa shape index (κ2) is 8.94. The molecule has 6 nitrogen and oxygen atoms in total. The molecule has 2 unspecified atom stereocenters. The van der Waals surface area contributed by atoms with E-state index in [1.807, 2.05) is 6.92 Å². The first-order chi connectivity index (χ1) is 9.51. The Bertz CT molecular complexity index is 362. The van der Waals surface area contributed by atoms with Gasteiger partial charge in [-0.25, -0.2) is 0 Å². The number of rotatable bonds is 9. The fourth-order valence-corrected chi connectivity index (χ4v) is 4.20. The highest BCUT2D eigenvalue weighted by Crippen LogP contribution is 2.19. The van der Waals surface area contributed by atoms with Crippen molar-refractivity contribution in [3.8, 4) is 0 Å². The molecule has 0 radical (unpaired) electrons. The average molecular weight is 307 g/mol. The largest absolute Gasteiger partial charge is 0.383 e. The first kappa shape index (κ1) is 17.8. The molecule has 0 bridgehead atoms. The Balaban J connectivity index is 2.62. The Morgan fingerprint density at radius 1 is 1.40 bits per heavy atom. The number of ether oxygens (including phenoxy) is 1. The second-order valence-corrected chi connectivity index (χ2v) is 7.10. The van der Waals surface area contributed by atoms with E-state index in [1.165, 1.54) is 0 Å². The third kappa shape index (κ3) is 5.65. The van der Waals surface area contributed by atoms with E-state index >= 15 is 0 Å². The zero-order valence-electron chi connectivity index (χ0n) is 12.9. The quantitative estimate of drug-likeness (QED) is 0.616. The highest BCUT2D eigenvalue weighted by molar-refractivity contribution is 7.87. The standard InChI is InChI=1S/C13H29N3O3S/c1-4-8-14-10-13-7-5-6-9-16(13)20(17,18)15-12(2)11-19-3/h12-15H,4-11H2,1-3H3. The fourth-order valence-electron chi connectivity index (χ4n) is 2.55. The third-order valence-electron chi connectivity index (χ3n) is 3.46. The average Bonchev–Trinajstić information content (AvgIpc) is 2.39. The topological polar surface area (TPSA) is 70.7 Å². The minimum atomic E-state index is -3.43. The maximum atomic E-state index is 12.4. The highest BCUT2D eigenvalue weighted by atomic mass is 32.2. The maximum absolute atomic E-state index is 12.4. The van der Waals surface area contributed by atoms with Crippen molar-refractivity contribution < 1.29 is 13.2 Å². The van der Waals surface area contributed by atoms with Crippen molar-refractivity contribution >= 4 is 10.2 Å². The van der Waals surface area contributed by atoms with Crippen molar-refractivity contribution in [2.45, 2.75) is 51.6 Å². The number of hydrogen-bond donors (Lipinski definition) is 2. The molecular weight excluding hydrogens is 278 g/mol. The highest BCUT2D eigenvalue weighted by Gasteiger charge is 2.32. The van der Waals surface area contributed by atoms with Crippen LogP contribution >= 0.6 is 0 Å². The van der Waals surface area contributed by atoms with Gasteiger partial charge in [-0.05, 0) is 32.7 Å². The van der Waals surface area contributed by atoms with Gasteiger partial charge < -0.3 is 10.1 Å². The summed E-state index contributed by atoms with van der Waals surface area (Å²) in [6.45, 7) is 6.57. The smallest absolute Gasteiger partial charge is 0.280 e. The van der Waals surface area contributed by atoms with Gasteiger partial charge in [-0.3, -0.25) is 0 Å². The van der Waals surface area contributed by atoms with Crippen LogP contribution < -0.4 is 10.0 Å². The van der Waals surface area contributed by atoms with E-state index in [2.05, 4.69) is 17.0 Å². The van der Waals surface area contributed by atoms with E-state index < -0.39 is 10.2 Å². The number of methoxy groups -OCH3 is 1. The molecule has 1 fully saturated rings. The van der Waals surface area contributed by atoms with Crippen LogP contribution in [0, 0.1) is 0 Å². The van der Waals surface area contributed by atoms with Crippen LogP contribution in [0.3, 0.4) is 0 Å². The Hall–Kier alpha value is -0.210. The first-order valence-corrected chi connectivity index (χ1v) is 8.94. The molecule has 0 aromatic carbocycles. The summed E-state index contributed by atoms with van der Waals surface area (Å²) >= 11 is 0. The van der Waals surface area contributed by atoms with Crippen LogP contribution in [0.1, 0.15) is 39.5 Å². The monoisotopic (exact) mass is 307 g/mol. The zero-order chi connectivity index (χ0) is 15.0. The van der Waals surface area contributed by atoms with Gasteiger partial charge in [0.1, 0.15) is 0 Å². The molecule has 1 aliphatic heterocycles. The second-order valence-electron chi connectivity index (χ2n) is 5.44. The van der Waals surface area contributed by atoms with Gasteiger partial charge in [0, 0.05) is 32.3 Å². The van der Waals surface area contributed by atoms with Crippen molar-refractivity contribution in [3.05, 3.63) is 0 Å². The summed E-state index contributed by atoms with van der Waals surface area (Å²) in [5.74, 6) is 0. The number of nitrogens with zero attached hydrogens (tertiary/aromatic N) is 1. The predicted octanol–water partition coefficient (Wildman–Crippen LogP) is 0.710. The van der Waals surface area contributed by atoms with Crippen molar-refractivity contribution in [1.29, 1.82) is 0 Å². The van der Waals surface area contributed by atoms with Crippen LogP contribution in [0.5, 0.6) is 0 Å². The van der Waals surface area contributed by atoms with Crippen molar-refractivity contribution in [2.75, 3.05) is 33.4 Å². The Morgan fingerprint density at radius 3 is 2.80 bits per heavy atom. The molecule has 20 heavy (non-hydrogen) atoms. The van der Waals surface area contributed by atoms with Gasteiger partial charge in [-0.1, -0.05) is 13.3 Å². The lowest BCUT2D eigenvalue weighted by atomic mass is 10.1. The lowest BCUT2D eigenvalue weighted by Gasteiger charge is -2.35. The normalized spacial score (nSPS) is 22.9. The minimum absolute atomic E-state index is 0.0579. The molecular formula is C13H29N3O3S. The summed E-state index contributed by atoms with van der Waals surface area (Å²) < 4.78 is 34.2. The van der Waals surface area contributed by atoms with E-state index in [9.17, 15) is 8.42 Å². The lowest BCUT2D eigenvalue weighted by molar-refractivity contribution is 0.177. The van der Waals surface area contributed by atoms with Crippen molar-refractivity contribution in [2.24, 2.45) is 0 Å². The molecule has 0 amide bonds. The Kier molecular flexibility index (Phi) is 7.98. The van der Waals surface area contributed by atoms with Crippen molar-refractivity contribution in [3.63, 3.8) is 0 Å². The van der Waals surface area contributed by atoms with Crippen LogP contribution in [0.25, 0.3) is 0 Å². The Labute approximate surface area is 123 Å². The molecule has 0 aliphatic carbocycles. The molecule has 0 aromatic heterocycles. The van der Waals surface area contributed by atoms with Gasteiger partial charge in [0.15, 0.2) is 0 Å². The van der Waals surface area contributed by atoms with Gasteiger partial charge >= 0.3 is 0 Å². The Morgan fingerprint density at radius 2 is 2.15 bits per heavy atom.